The van der Waals surface area contributed by atoms with Gasteiger partial charge >= 0.3 is 5.69 Å². The van der Waals surface area contributed by atoms with E-state index in [0.717, 1.165) is 39.5 Å². The number of nitrogens with one attached hydrogen (secondary N) is 1. The van der Waals surface area contributed by atoms with Crippen molar-refractivity contribution in [3.63, 3.8) is 0 Å². The van der Waals surface area contributed by atoms with Crippen LogP contribution in [0.5, 0.6) is 0 Å². The molecule has 0 unspecified atom stereocenters. The summed E-state index contributed by atoms with van der Waals surface area (Å²) in [6, 6.07) is 7.44. The van der Waals surface area contributed by atoms with Gasteiger partial charge in [-0.25, -0.2) is 13.2 Å². The summed E-state index contributed by atoms with van der Waals surface area (Å²) in [6.45, 7) is 3.82. The van der Waals surface area contributed by atoms with Crippen molar-refractivity contribution < 1.29 is 8.42 Å². The number of halogens is 1. The lowest BCUT2D eigenvalue weighted by atomic mass is 9.88. The maximum Gasteiger partial charge on any atom is 0.330 e. The predicted octanol–water partition coefficient (Wildman–Crippen LogP) is 0.395. The van der Waals surface area contributed by atoms with Gasteiger partial charge in [0.25, 0.3) is 15.6 Å². The molecule has 2 aromatic rings. The van der Waals surface area contributed by atoms with Crippen LogP contribution < -0.4 is 16.6 Å². The van der Waals surface area contributed by atoms with E-state index in [4.69, 9.17) is 0 Å². The zero-order valence-electron chi connectivity index (χ0n) is 16.5. The van der Waals surface area contributed by atoms with Gasteiger partial charge in [0, 0.05) is 33.4 Å². The van der Waals surface area contributed by atoms with E-state index in [2.05, 4.69) is 5.32 Å². The molecule has 4 rings (SSSR count). The van der Waals surface area contributed by atoms with Gasteiger partial charge in [0.1, 0.15) is 0 Å². The first kappa shape index (κ1) is 21.8. The van der Waals surface area contributed by atoms with Crippen LogP contribution in [0.2, 0.25) is 0 Å². The molecule has 3 atom stereocenters. The van der Waals surface area contributed by atoms with Crippen molar-refractivity contribution >= 4 is 22.4 Å². The SMILES string of the molecule is Cc1ccccc1[C@H]1[C@H]2CNC[C@H]2CN1S(=O)(=O)c1cn(C)c(=O)n(C)c1=O.Cl. The largest absolute Gasteiger partial charge is 0.330 e. The molecule has 3 heterocycles. The van der Waals surface area contributed by atoms with E-state index >= 15 is 0 Å². The minimum absolute atomic E-state index is 0. The number of aromatic nitrogens is 2. The van der Waals surface area contributed by atoms with Gasteiger partial charge in [0.05, 0.1) is 6.04 Å². The van der Waals surface area contributed by atoms with Crippen LogP contribution >= 0.6 is 12.4 Å². The van der Waals surface area contributed by atoms with Crippen LogP contribution in [0.4, 0.5) is 0 Å². The van der Waals surface area contributed by atoms with Gasteiger partial charge in [-0.05, 0) is 36.4 Å². The fraction of sp³-hybridized carbons (Fsp3) is 0.474. The number of sulfonamides is 1. The smallest absolute Gasteiger partial charge is 0.316 e. The Morgan fingerprint density at radius 3 is 2.48 bits per heavy atom. The lowest BCUT2D eigenvalue weighted by Crippen LogP contribution is -2.43. The molecule has 0 saturated carbocycles. The predicted molar refractivity (Wildman–Crippen MR) is 112 cm³/mol. The van der Waals surface area contributed by atoms with E-state index < -0.39 is 21.3 Å². The van der Waals surface area contributed by atoms with E-state index in [-0.39, 0.29) is 35.2 Å². The highest BCUT2D eigenvalue weighted by Gasteiger charge is 2.50. The van der Waals surface area contributed by atoms with Crippen LogP contribution in [0.1, 0.15) is 17.2 Å². The first-order valence-electron chi connectivity index (χ1n) is 9.28. The van der Waals surface area contributed by atoms with Crippen molar-refractivity contribution in [2.45, 2.75) is 17.9 Å². The maximum absolute atomic E-state index is 13.6. The number of aryl methyl sites for hydroxylation is 2. The first-order valence-corrected chi connectivity index (χ1v) is 10.7. The van der Waals surface area contributed by atoms with Crippen LogP contribution in [-0.2, 0) is 24.1 Å². The van der Waals surface area contributed by atoms with Crippen LogP contribution in [0.25, 0.3) is 0 Å². The van der Waals surface area contributed by atoms with E-state index in [9.17, 15) is 18.0 Å². The molecule has 0 amide bonds. The molecule has 29 heavy (non-hydrogen) atoms. The van der Waals surface area contributed by atoms with Gasteiger partial charge in [0.2, 0.25) is 0 Å². The van der Waals surface area contributed by atoms with E-state index in [1.165, 1.54) is 18.4 Å². The lowest BCUT2D eigenvalue weighted by molar-refractivity contribution is 0.343. The van der Waals surface area contributed by atoms with Gasteiger partial charge in [0.15, 0.2) is 4.90 Å². The Bertz CT molecular complexity index is 1160. The normalized spacial score (nSPS) is 24.3. The standard InChI is InChI=1S/C19H24N4O4S.ClH/c1-12-6-4-5-7-14(12)17-15-9-20-8-13(15)10-23(17)28(26,27)16-11-21(2)19(25)22(3)18(16)24;/h4-7,11,13,15,17,20H,8-10H2,1-3H3;1H/t13-,15-,17-;/m0./s1. The Labute approximate surface area is 175 Å². The molecule has 1 aromatic heterocycles. The van der Waals surface area contributed by atoms with E-state index in [0.29, 0.717) is 6.54 Å². The molecule has 8 nitrogen and oxygen atoms in total. The molecule has 2 saturated heterocycles. The fourth-order valence-electron chi connectivity index (χ4n) is 4.51. The highest BCUT2D eigenvalue weighted by molar-refractivity contribution is 7.89. The number of hydrogen-bond donors (Lipinski definition) is 1. The van der Waals surface area contributed by atoms with Crippen LogP contribution in [0.3, 0.4) is 0 Å². The molecule has 0 aliphatic carbocycles. The Balaban J connectivity index is 0.00000240. The first-order chi connectivity index (χ1) is 13.2. The minimum Gasteiger partial charge on any atom is -0.316 e. The molecule has 2 fully saturated rings. The van der Waals surface area contributed by atoms with Gasteiger partial charge in [-0.3, -0.25) is 9.36 Å². The Kier molecular flexibility index (Phi) is 5.79. The van der Waals surface area contributed by atoms with Crippen molar-refractivity contribution in [3.05, 3.63) is 62.4 Å². The summed E-state index contributed by atoms with van der Waals surface area (Å²) < 4.78 is 30.6. The number of nitrogens with zero attached hydrogens (tertiary/aromatic N) is 3. The summed E-state index contributed by atoms with van der Waals surface area (Å²) in [5.41, 5.74) is 0.640. The molecule has 158 valence electrons. The second-order valence-corrected chi connectivity index (χ2v) is 9.57. The number of fused-ring (bicyclic) bond motifs is 1. The topological polar surface area (TPSA) is 93.4 Å². The molecule has 0 bridgehead atoms. The molecule has 0 radical (unpaired) electrons. The quantitative estimate of drug-likeness (QED) is 0.745. The van der Waals surface area contributed by atoms with Crippen LogP contribution in [-0.4, -0.2) is 41.5 Å². The van der Waals surface area contributed by atoms with E-state index in [1.807, 2.05) is 31.2 Å². The van der Waals surface area contributed by atoms with Crippen molar-refractivity contribution in [3.8, 4) is 0 Å². The zero-order valence-corrected chi connectivity index (χ0v) is 18.2. The van der Waals surface area contributed by atoms with E-state index in [1.54, 1.807) is 0 Å². The monoisotopic (exact) mass is 440 g/mol. The molecule has 2 aliphatic heterocycles. The van der Waals surface area contributed by atoms with Gasteiger partial charge in [-0.1, -0.05) is 24.3 Å². The molecular formula is C19H25ClN4O4S. The third-order valence-electron chi connectivity index (χ3n) is 6.03. The lowest BCUT2D eigenvalue weighted by Gasteiger charge is -2.28. The highest BCUT2D eigenvalue weighted by Crippen LogP contribution is 2.45. The summed E-state index contributed by atoms with van der Waals surface area (Å²) >= 11 is 0. The summed E-state index contributed by atoms with van der Waals surface area (Å²) in [5.74, 6) is 0.336. The molecular weight excluding hydrogens is 416 g/mol. The van der Waals surface area contributed by atoms with Crippen LogP contribution in [0, 0.1) is 18.8 Å². The molecule has 1 N–H and O–H groups in total. The Hall–Kier alpha value is -1.94. The Morgan fingerprint density at radius 1 is 1.10 bits per heavy atom. The maximum atomic E-state index is 13.6. The second-order valence-electron chi connectivity index (χ2n) is 7.71. The van der Waals surface area contributed by atoms with Crippen molar-refractivity contribution in [1.29, 1.82) is 0 Å². The fourth-order valence-corrected chi connectivity index (χ4v) is 6.37. The minimum atomic E-state index is -4.07. The average molecular weight is 441 g/mol. The summed E-state index contributed by atoms with van der Waals surface area (Å²) in [5, 5.41) is 3.36. The third kappa shape index (κ3) is 3.35. The van der Waals surface area contributed by atoms with Gasteiger partial charge in [-0.2, -0.15) is 4.31 Å². The molecule has 0 spiro atoms. The van der Waals surface area contributed by atoms with Crippen molar-refractivity contribution in [2.24, 2.45) is 25.9 Å². The summed E-state index contributed by atoms with van der Waals surface area (Å²) in [4.78, 5) is 24.3. The van der Waals surface area contributed by atoms with Crippen molar-refractivity contribution in [2.75, 3.05) is 19.6 Å². The summed E-state index contributed by atoms with van der Waals surface area (Å²) in [7, 11) is -1.33. The zero-order chi connectivity index (χ0) is 20.2. The summed E-state index contributed by atoms with van der Waals surface area (Å²) in [6.07, 6.45) is 1.14. The molecule has 1 aromatic carbocycles. The second kappa shape index (κ2) is 7.71. The number of rotatable bonds is 3. The van der Waals surface area contributed by atoms with Crippen LogP contribution in [0.15, 0.2) is 44.9 Å². The molecule has 10 heteroatoms. The van der Waals surface area contributed by atoms with Gasteiger partial charge < -0.3 is 9.88 Å². The van der Waals surface area contributed by atoms with Gasteiger partial charge in [-0.15, -0.1) is 12.4 Å². The average Bonchev–Trinajstić information content (AvgIpc) is 3.25. The molecule has 2 aliphatic rings. The van der Waals surface area contributed by atoms with Crippen molar-refractivity contribution in [1.82, 2.24) is 18.8 Å². The number of hydrogen-bond acceptors (Lipinski definition) is 5. The number of benzene rings is 1. The Morgan fingerprint density at radius 2 is 1.79 bits per heavy atom. The highest BCUT2D eigenvalue weighted by atomic mass is 35.5. The third-order valence-corrected chi connectivity index (χ3v) is 7.86.